The van der Waals surface area contributed by atoms with Crippen LogP contribution in [0.25, 0.3) is 11.4 Å². The zero-order chi connectivity index (χ0) is 19.1. The van der Waals surface area contributed by atoms with E-state index in [4.69, 9.17) is 9.26 Å². The lowest BCUT2D eigenvalue weighted by Crippen LogP contribution is -2.40. The molecule has 138 valence electrons. The van der Waals surface area contributed by atoms with E-state index >= 15 is 0 Å². The molecule has 1 aromatic heterocycles. The average molecular weight is 363 g/mol. The summed E-state index contributed by atoms with van der Waals surface area (Å²) in [5, 5.41) is 3.99. The standard InChI is InChI=1S/C21H21N3O3/c1-3-14-24(21(25)16(2)26-18-12-8-5-9-13-18)15-19-22-20(23-27-19)17-10-6-4-7-11-17/h3-13,16H,1,14-15H2,2H3/t16-/m0/s1. The fourth-order valence-corrected chi connectivity index (χ4v) is 2.59. The van der Waals surface area contributed by atoms with Gasteiger partial charge in [-0.15, -0.1) is 6.58 Å². The van der Waals surface area contributed by atoms with Crippen LogP contribution >= 0.6 is 0 Å². The van der Waals surface area contributed by atoms with Crippen molar-refractivity contribution in [2.24, 2.45) is 0 Å². The minimum absolute atomic E-state index is 0.182. The Balaban J connectivity index is 1.69. The molecule has 0 spiro atoms. The van der Waals surface area contributed by atoms with Gasteiger partial charge in [-0.05, 0) is 19.1 Å². The van der Waals surface area contributed by atoms with Gasteiger partial charge in [-0.1, -0.05) is 59.8 Å². The lowest BCUT2D eigenvalue weighted by Gasteiger charge is -2.23. The Morgan fingerprint density at radius 2 is 1.85 bits per heavy atom. The average Bonchev–Trinajstić information content (AvgIpc) is 3.17. The summed E-state index contributed by atoms with van der Waals surface area (Å²) in [5.74, 6) is 1.31. The highest BCUT2D eigenvalue weighted by atomic mass is 16.5. The van der Waals surface area contributed by atoms with Crippen LogP contribution in [0.15, 0.2) is 77.8 Å². The maximum atomic E-state index is 12.8. The second-order valence-corrected chi connectivity index (χ2v) is 5.96. The number of hydrogen-bond acceptors (Lipinski definition) is 5. The number of nitrogens with zero attached hydrogens (tertiary/aromatic N) is 3. The van der Waals surface area contributed by atoms with Crippen LogP contribution in [-0.2, 0) is 11.3 Å². The van der Waals surface area contributed by atoms with Gasteiger partial charge in [0.05, 0.1) is 0 Å². The highest BCUT2D eigenvalue weighted by Gasteiger charge is 2.23. The summed E-state index contributed by atoms with van der Waals surface area (Å²) in [6, 6.07) is 18.8. The number of carbonyl (C=O) groups is 1. The van der Waals surface area contributed by atoms with Gasteiger partial charge in [0.15, 0.2) is 6.10 Å². The Hall–Kier alpha value is -3.41. The molecule has 0 radical (unpaired) electrons. The smallest absolute Gasteiger partial charge is 0.264 e. The monoisotopic (exact) mass is 363 g/mol. The van der Waals surface area contributed by atoms with Gasteiger partial charge in [0.2, 0.25) is 11.7 Å². The molecule has 0 fully saturated rings. The number of benzene rings is 2. The molecule has 0 aliphatic rings. The number of rotatable bonds is 8. The molecule has 0 saturated heterocycles. The summed E-state index contributed by atoms with van der Waals surface area (Å²) in [6.45, 7) is 5.98. The molecule has 6 nitrogen and oxygen atoms in total. The highest BCUT2D eigenvalue weighted by Crippen LogP contribution is 2.17. The summed E-state index contributed by atoms with van der Waals surface area (Å²) in [4.78, 5) is 18.7. The van der Waals surface area contributed by atoms with Gasteiger partial charge in [-0.2, -0.15) is 4.98 Å². The minimum Gasteiger partial charge on any atom is -0.481 e. The molecule has 0 N–H and O–H groups in total. The fraction of sp³-hybridized carbons (Fsp3) is 0.190. The number of aromatic nitrogens is 2. The molecule has 1 amide bonds. The van der Waals surface area contributed by atoms with Crippen molar-refractivity contribution in [1.82, 2.24) is 15.0 Å². The summed E-state index contributed by atoms with van der Waals surface area (Å²) in [7, 11) is 0. The molecule has 3 rings (SSSR count). The second kappa shape index (κ2) is 8.80. The van der Waals surface area contributed by atoms with Crippen LogP contribution in [0, 0.1) is 0 Å². The normalized spacial score (nSPS) is 11.6. The van der Waals surface area contributed by atoms with Gasteiger partial charge in [0, 0.05) is 12.1 Å². The van der Waals surface area contributed by atoms with E-state index in [1.54, 1.807) is 17.9 Å². The first-order chi connectivity index (χ1) is 13.2. The van der Waals surface area contributed by atoms with E-state index in [9.17, 15) is 4.79 Å². The molecule has 6 heteroatoms. The number of para-hydroxylation sites is 1. The molecule has 1 heterocycles. The Labute approximate surface area is 158 Å². The fourth-order valence-electron chi connectivity index (χ4n) is 2.59. The third-order valence-corrected chi connectivity index (χ3v) is 3.89. The third kappa shape index (κ3) is 4.82. The van der Waals surface area contributed by atoms with Crippen molar-refractivity contribution in [2.75, 3.05) is 6.54 Å². The number of hydrogen-bond donors (Lipinski definition) is 0. The van der Waals surface area contributed by atoms with Crippen LogP contribution in [0.1, 0.15) is 12.8 Å². The van der Waals surface area contributed by atoms with E-state index in [1.807, 2.05) is 60.7 Å². The summed E-state index contributed by atoms with van der Waals surface area (Å²) < 4.78 is 11.0. The molecule has 0 bridgehead atoms. The van der Waals surface area contributed by atoms with Crippen LogP contribution < -0.4 is 4.74 Å². The molecular weight excluding hydrogens is 342 g/mol. The molecule has 3 aromatic rings. The Morgan fingerprint density at radius 1 is 1.19 bits per heavy atom. The predicted octanol–water partition coefficient (Wildman–Crippen LogP) is 3.72. The van der Waals surface area contributed by atoms with Crippen LogP contribution in [0.3, 0.4) is 0 Å². The largest absolute Gasteiger partial charge is 0.481 e. The van der Waals surface area contributed by atoms with E-state index in [0.29, 0.717) is 24.0 Å². The molecule has 0 unspecified atom stereocenters. The molecule has 0 aliphatic carbocycles. The van der Waals surface area contributed by atoms with Crippen LogP contribution in [0.4, 0.5) is 0 Å². The van der Waals surface area contributed by atoms with Crippen molar-refractivity contribution in [2.45, 2.75) is 19.6 Å². The summed E-state index contributed by atoms with van der Waals surface area (Å²) in [5.41, 5.74) is 0.856. The van der Waals surface area contributed by atoms with Crippen molar-refractivity contribution in [3.05, 3.63) is 79.2 Å². The van der Waals surface area contributed by atoms with E-state index < -0.39 is 6.10 Å². The Kier molecular flexibility index (Phi) is 5.99. The van der Waals surface area contributed by atoms with Crippen LogP contribution in [-0.4, -0.2) is 33.6 Å². The van der Waals surface area contributed by atoms with Crippen LogP contribution in [0.5, 0.6) is 5.75 Å². The zero-order valence-electron chi connectivity index (χ0n) is 15.1. The Morgan fingerprint density at radius 3 is 2.52 bits per heavy atom. The van der Waals surface area contributed by atoms with Crippen LogP contribution in [0.2, 0.25) is 0 Å². The highest BCUT2D eigenvalue weighted by molar-refractivity contribution is 5.81. The van der Waals surface area contributed by atoms with Gasteiger partial charge in [0.25, 0.3) is 5.91 Å². The Bertz CT molecular complexity index is 878. The van der Waals surface area contributed by atoms with Crippen molar-refractivity contribution in [3.63, 3.8) is 0 Å². The van der Waals surface area contributed by atoms with Crippen molar-refractivity contribution < 1.29 is 14.1 Å². The van der Waals surface area contributed by atoms with Gasteiger partial charge in [-0.3, -0.25) is 4.79 Å². The van der Waals surface area contributed by atoms with Crippen molar-refractivity contribution in [3.8, 4) is 17.1 Å². The van der Waals surface area contributed by atoms with Gasteiger partial charge in [-0.25, -0.2) is 0 Å². The maximum Gasteiger partial charge on any atom is 0.264 e. The summed E-state index contributed by atoms with van der Waals surface area (Å²) in [6.07, 6.45) is 1.01. The van der Waals surface area contributed by atoms with E-state index in [1.165, 1.54) is 0 Å². The third-order valence-electron chi connectivity index (χ3n) is 3.89. The first-order valence-corrected chi connectivity index (χ1v) is 8.66. The molecule has 27 heavy (non-hydrogen) atoms. The SMILES string of the molecule is C=CCN(Cc1nc(-c2ccccc2)no1)C(=O)[C@H](C)Oc1ccccc1. The number of amides is 1. The zero-order valence-corrected chi connectivity index (χ0v) is 15.1. The molecule has 0 aliphatic heterocycles. The number of ether oxygens (including phenoxy) is 1. The maximum absolute atomic E-state index is 12.8. The van der Waals surface area contributed by atoms with Crippen molar-refractivity contribution >= 4 is 5.91 Å². The lowest BCUT2D eigenvalue weighted by molar-refractivity contribution is -0.138. The predicted molar refractivity (Wildman–Crippen MR) is 102 cm³/mol. The molecule has 0 saturated carbocycles. The van der Waals surface area contributed by atoms with E-state index in [2.05, 4.69) is 16.7 Å². The molecular formula is C21H21N3O3. The summed E-state index contributed by atoms with van der Waals surface area (Å²) >= 11 is 0. The quantitative estimate of drug-likeness (QED) is 0.571. The minimum atomic E-state index is -0.649. The first kappa shape index (κ1) is 18.4. The number of carbonyl (C=O) groups excluding carboxylic acids is 1. The van der Waals surface area contributed by atoms with E-state index in [-0.39, 0.29) is 12.5 Å². The second-order valence-electron chi connectivity index (χ2n) is 5.96. The first-order valence-electron chi connectivity index (χ1n) is 8.66. The molecule has 1 atom stereocenters. The lowest BCUT2D eigenvalue weighted by atomic mass is 10.2. The topological polar surface area (TPSA) is 68.5 Å². The van der Waals surface area contributed by atoms with Gasteiger partial charge in [0.1, 0.15) is 12.3 Å². The van der Waals surface area contributed by atoms with Gasteiger partial charge >= 0.3 is 0 Å². The van der Waals surface area contributed by atoms with Crippen molar-refractivity contribution in [1.29, 1.82) is 0 Å². The van der Waals surface area contributed by atoms with E-state index in [0.717, 1.165) is 5.56 Å². The van der Waals surface area contributed by atoms with Gasteiger partial charge < -0.3 is 14.2 Å². The molecule has 2 aromatic carbocycles.